The van der Waals surface area contributed by atoms with Crippen LogP contribution in [0.3, 0.4) is 0 Å². The molecule has 1 atom stereocenters. The first-order valence-corrected chi connectivity index (χ1v) is 2.45. The third-order valence-corrected chi connectivity index (χ3v) is 0.937. The molecule has 8 heavy (non-hydrogen) atoms. The van der Waals surface area contributed by atoms with E-state index in [1.54, 1.807) is 0 Å². The molecule has 0 aromatic heterocycles. The van der Waals surface area contributed by atoms with Gasteiger partial charge in [-0.25, -0.2) is 4.79 Å². The molecule has 1 fully saturated rings. The zero-order valence-corrected chi connectivity index (χ0v) is 4.39. The Hall–Kier alpha value is -0.770. The lowest BCUT2D eigenvalue weighted by Gasteiger charge is -2.18. The molecule has 1 saturated heterocycles. The van der Waals surface area contributed by atoms with E-state index in [9.17, 15) is 4.79 Å². The van der Waals surface area contributed by atoms with E-state index >= 15 is 0 Å². The van der Waals surface area contributed by atoms with Gasteiger partial charge in [0.05, 0.1) is 6.04 Å². The van der Waals surface area contributed by atoms with Crippen molar-refractivity contribution in [2.24, 2.45) is 5.73 Å². The second-order valence-corrected chi connectivity index (χ2v) is 1.74. The average Bonchev–Trinajstić information content (AvgIpc) is 1.77. The predicted octanol–water partition coefficient (Wildman–Crippen LogP) is -0.946. The summed E-state index contributed by atoms with van der Waals surface area (Å²) in [5.41, 5.74) is 5.36. The maximum atomic E-state index is 10.2. The summed E-state index contributed by atoms with van der Waals surface area (Å²) in [6, 6.07) is -0.0345. The van der Waals surface area contributed by atoms with Crippen LogP contribution < -0.4 is 11.1 Å². The van der Waals surface area contributed by atoms with Crippen LogP contribution in [0.1, 0.15) is 0 Å². The summed E-state index contributed by atoms with van der Waals surface area (Å²) < 4.78 is 4.52. The molecular weight excluding hydrogens is 108 g/mol. The number of carbonyl (C=O) groups excluding carboxylic acids is 1. The van der Waals surface area contributed by atoms with Crippen molar-refractivity contribution in [3.63, 3.8) is 0 Å². The Morgan fingerprint density at radius 2 is 2.62 bits per heavy atom. The van der Waals surface area contributed by atoms with E-state index < -0.39 is 0 Å². The van der Waals surface area contributed by atoms with Crippen LogP contribution in [-0.4, -0.2) is 25.3 Å². The van der Waals surface area contributed by atoms with E-state index in [0.29, 0.717) is 13.2 Å². The summed E-state index contributed by atoms with van der Waals surface area (Å²) in [5.74, 6) is 0. The average molecular weight is 116 g/mol. The molecule has 3 N–H and O–H groups in total. The van der Waals surface area contributed by atoms with Gasteiger partial charge in [0.1, 0.15) is 6.61 Å². The van der Waals surface area contributed by atoms with Crippen LogP contribution >= 0.6 is 0 Å². The van der Waals surface area contributed by atoms with Crippen LogP contribution in [0.25, 0.3) is 0 Å². The van der Waals surface area contributed by atoms with E-state index in [-0.39, 0.29) is 12.1 Å². The Morgan fingerprint density at radius 3 is 3.00 bits per heavy atom. The Morgan fingerprint density at radius 1 is 1.88 bits per heavy atom. The Labute approximate surface area is 47.0 Å². The van der Waals surface area contributed by atoms with Gasteiger partial charge in [0.25, 0.3) is 0 Å². The van der Waals surface area contributed by atoms with Gasteiger partial charge in [0, 0.05) is 6.54 Å². The molecule has 46 valence electrons. The second-order valence-electron chi connectivity index (χ2n) is 1.74. The Bertz CT molecular complexity index is 94.2. The van der Waals surface area contributed by atoms with Crippen LogP contribution in [0, 0.1) is 0 Å². The van der Waals surface area contributed by atoms with Gasteiger partial charge in [-0.05, 0) is 0 Å². The van der Waals surface area contributed by atoms with Crippen molar-refractivity contribution >= 4 is 6.09 Å². The number of carbonyl (C=O) groups is 1. The third-order valence-electron chi connectivity index (χ3n) is 0.937. The highest BCUT2D eigenvalue weighted by Gasteiger charge is 2.13. The maximum absolute atomic E-state index is 10.2. The van der Waals surface area contributed by atoms with E-state index in [4.69, 9.17) is 5.73 Å². The summed E-state index contributed by atoms with van der Waals surface area (Å²) in [5, 5.41) is 2.45. The first-order valence-electron chi connectivity index (χ1n) is 2.45. The molecule has 1 rings (SSSR count). The van der Waals surface area contributed by atoms with Crippen LogP contribution in [0.2, 0.25) is 0 Å². The lowest BCUT2D eigenvalue weighted by Crippen LogP contribution is -2.46. The highest BCUT2D eigenvalue weighted by atomic mass is 16.6. The smallest absolute Gasteiger partial charge is 0.407 e. The number of hydrogen-bond donors (Lipinski definition) is 2. The molecule has 0 aromatic carbocycles. The van der Waals surface area contributed by atoms with Crippen LogP contribution in [0.4, 0.5) is 4.79 Å². The van der Waals surface area contributed by atoms with Gasteiger partial charge in [0.2, 0.25) is 0 Å². The Balaban J connectivity index is 2.29. The van der Waals surface area contributed by atoms with E-state index in [0.717, 1.165) is 0 Å². The number of cyclic esters (lactones) is 1. The highest BCUT2D eigenvalue weighted by molar-refractivity contribution is 5.67. The summed E-state index contributed by atoms with van der Waals surface area (Å²) in [6.07, 6.45) is -0.369. The lowest BCUT2D eigenvalue weighted by atomic mass is 10.3. The first-order chi connectivity index (χ1) is 3.79. The molecule has 0 aliphatic carbocycles. The van der Waals surface area contributed by atoms with E-state index in [1.165, 1.54) is 0 Å². The van der Waals surface area contributed by atoms with E-state index in [2.05, 4.69) is 10.1 Å². The summed E-state index contributed by atoms with van der Waals surface area (Å²) >= 11 is 0. The van der Waals surface area contributed by atoms with Crippen molar-refractivity contribution in [3.05, 3.63) is 0 Å². The Kier molecular flexibility index (Phi) is 1.34. The first kappa shape index (κ1) is 5.37. The van der Waals surface area contributed by atoms with Crippen molar-refractivity contribution in [2.45, 2.75) is 6.04 Å². The fourth-order valence-corrected chi connectivity index (χ4v) is 0.507. The van der Waals surface area contributed by atoms with Crippen molar-refractivity contribution in [2.75, 3.05) is 13.2 Å². The summed E-state index contributed by atoms with van der Waals surface area (Å²) in [4.78, 5) is 10.2. The molecule has 0 spiro atoms. The molecule has 4 nitrogen and oxygen atoms in total. The number of nitrogens with two attached hydrogens (primary N) is 1. The maximum Gasteiger partial charge on any atom is 0.407 e. The van der Waals surface area contributed by atoms with Gasteiger partial charge < -0.3 is 15.8 Å². The number of ether oxygens (including phenoxy) is 1. The molecule has 0 saturated carbocycles. The summed E-state index contributed by atoms with van der Waals surface area (Å²) in [7, 11) is 0. The van der Waals surface area contributed by atoms with Crippen molar-refractivity contribution in [3.8, 4) is 0 Å². The van der Waals surface area contributed by atoms with Crippen LogP contribution in [0.15, 0.2) is 0 Å². The molecule has 0 bridgehead atoms. The molecule has 4 heteroatoms. The molecule has 1 amide bonds. The zero-order valence-electron chi connectivity index (χ0n) is 4.39. The van der Waals surface area contributed by atoms with Gasteiger partial charge in [-0.2, -0.15) is 0 Å². The molecule has 0 unspecified atom stereocenters. The van der Waals surface area contributed by atoms with Gasteiger partial charge in [-0.1, -0.05) is 0 Å². The molecule has 1 heterocycles. The quantitative estimate of drug-likeness (QED) is 0.429. The zero-order chi connectivity index (χ0) is 5.98. The molecule has 0 radical (unpaired) electrons. The fourth-order valence-electron chi connectivity index (χ4n) is 0.507. The number of nitrogens with one attached hydrogen (secondary N) is 1. The SMILES string of the molecule is N[C@@H]1CNC(=O)OC1. The summed E-state index contributed by atoms with van der Waals surface area (Å²) in [6.45, 7) is 0.866. The van der Waals surface area contributed by atoms with Crippen molar-refractivity contribution in [1.29, 1.82) is 0 Å². The monoisotopic (exact) mass is 116 g/mol. The molecular formula is C4H8N2O2. The van der Waals surface area contributed by atoms with Crippen LogP contribution in [0.5, 0.6) is 0 Å². The topological polar surface area (TPSA) is 64.3 Å². The lowest BCUT2D eigenvalue weighted by molar-refractivity contribution is 0.121. The second kappa shape index (κ2) is 2.00. The number of rotatable bonds is 0. The minimum absolute atomic E-state index is 0.0345. The molecule has 0 aromatic rings. The van der Waals surface area contributed by atoms with Gasteiger partial charge in [0.15, 0.2) is 0 Å². The van der Waals surface area contributed by atoms with Crippen molar-refractivity contribution < 1.29 is 9.53 Å². The van der Waals surface area contributed by atoms with Gasteiger partial charge in [-0.3, -0.25) is 0 Å². The minimum Gasteiger partial charge on any atom is -0.448 e. The van der Waals surface area contributed by atoms with Crippen LogP contribution in [-0.2, 0) is 4.74 Å². The normalized spacial score (nSPS) is 28.6. The largest absolute Gasteiger partial charge is 0.448 e. The van der Waals surface area contributed by atoms with Gasteiger partial charge >= 0.3 is 6.09 Å². The minimum atomic E-state index is -0.369. The number of amides is 1. The number of hydrogen-bond acceptors (Lipinski definition) is 3. The van der Waals surface area contributed by atoms with Crippen molar-refractivity contribution in [1.82, 2.24) is 5.32 Å². The number of alkyl carbamates (subject to hydrolysis) is 1. The predicted molar refractivity (Wildman–Crippen MR) is 27.3 cm³/mol. The molecule has 1 aliphatic rings. The van der Waals surface area contributed by atoms with Gasteiger partial charge in [-0.15, -0.1) is 0 Å². The third kappa shape index (κ3) is 1.10. The van der Waals surface area contributed by atoms with E-state index in [1.807, 2.05) is 0 Å². The molecule has 1 aliphatic heterocycles. The standard InChI is InChI=1S/C4H8N2O2/c5-3-1-6-4(7)8-2-3/h3H,1-2,5H2,(H,6,7)/t3-/m1/s1. The highest BCUT2D eigenvalue weighted by Crippen LogP contribution is 1.88. The fraction of sp³-hybridized carbons (Fsp3) is 0.750.